The Morgan fingerprint density at radius 2 is 2.46 bits per heavy atom. The maximum absolute atomic E-state index is 4.22. The zero-order valence-corrected chi connectivity index (χ0v) is 11.1. The number of aromatic nitrogens is 2. The molecule has 0 saturated heterocycles. The lowest BCUT2D eigenvalue weighted by atomic mass is 10.5. The maximum atomic E-state index is 4.22. The predicted molar refractivity (Wildman–Crippen MR) is 66.1 cm³/mol. The molecule has 2 aromatic heterocycles. The minimum atomic E-state index is 0.860. The largest absolute Gasteiger partial charge is 0.266 e. The van der Waals surface area contributed by atoms with E-state index in [1.54, 1.807) is 11.3 Å². The Balaban J connectivity index is 2.14. The van der Waals surface area contributed by atoms with Crippen molar-refractivity contribution in [3.8, 4) is 0 Å². The molecule has 0 amide bonds. The molecule has 0 fully saturated rings. The van der Waals surface area contributed by atoms with Gasteiger partial charge in [0, 0.05) is 20.9 Å². The Morgan fingerprint density at radius 3 is 3.00 bits per heavy atom. The molecule has 0 bridgehead atoms. The topological polar surface area (TPSA) is 17.8 Å². The number of nitrogens with zero attached hydrogens (tertiary/aromatic N) is 2. The smallest absolute Gasteiger partial charge is 0.0753 e. The van der Waals surface area contributed by atoms with Crippen LogP contribution >= 0.6 is 49.9 Å². The number of thiophene rings is 1. The highest BCUT2D eigenvalue weighted by atomic mass is 127. The van der Waals surface area contributed by atoms with Gasteiger partial charge in [-0.15, -0.1) is 11.3 Å². The second-order valence-corrected chi connectivity index (χ2v) is 5.74. The fourth-order valence-electron chi connectivity index (χ4n) is 1.02. The quantitative estimate of drug-likeness (QED) is 0.743. The summed E-state index contributed by atoms with van der Waals surface area (Å²) >= 11 is 7.43. The van der Waals surface area contributed by atoms with Gasteiger partial charge in [0.1, 0.15) is 0 Å². The highest BCUT2D eigenvalue weighted by Gasteiger charge is 1.99. The van der Waals surface area contributed by atoms with Gasteiger partial charge < -0.3 is 0 Å². The van der Waals surface area contributed by atoms with Crippen molar-refractivity contribution in [2.45, 2.75) is 6.54 Å². The molecule has 0 aliphatic rings. The molecule has 5 heteroatoms. The predicted octanol–water partition coefficient (Wildman–Crippen LogP) is 3.36. The van der Waals surface area contributed by atoms with Gasteiger partial charge in [-0.2, -0.15) is 5.10 Å². The molecule has 13 heavy (non-hydrogen) atoms. The standard InChI is InChI=1S/C8H6BrIN2S/c9-6-1-8(13-5-6)4-12-3-7(10)2-11-12/h1-3,5H,4H2. The molecule has 0 spiro atoms. The minimum absolute atomic E-state index is 0.860. The molecule has 0 aliphatic heterocycles. The summed E-state index contributed by atoms with van der Waals surface area (Å²) in [6.45, 7) is 0.860. The van der Waals surface area contributed by atoms with Crippen molar-refractivity contribution in [2.75, 3.05) is 0 Å². The summed E-state index contributed by atoms with van der Waals surface area (Å²) in [6.07, 6.45) is 3.90. The molecule has 0 N–H and O–H groups in total. The van der Waals surface area contributed by atoms with Gasteiger partial charge in [0.05, 0.1) is 16.3 Å². The first kappa shape index (κ1) is 9.67. The molecule has 68 valence electrons. The van der Waals surface area contributed by atoms with E-state index in [0.717, 1.165) is 11.0 Å². The minimum Gasteiger partial charge on any atom is -0.266 e. The van der Waals surface area contributed by atoms with Crippen LogP contribution in [0.5, 0.6) is 0 Å². The van der Waals surface area contributed by atoms with E-state index in [9.17, 15) is 0 Å². The first-order valence-electron chi connectivity index (χ1n) is 3.65. The van der Waals surface area contributed by atoms with Crippen LogP contribution in [0.25, 0.3) is 0 Å². The highest BCUT2D eigenvalue weighted by molar-refractivity contribution is 14.1. The monoisotopic (exact) mass is 368 g/mol. The van der Waals surface area contributed by atoms with Crippen molar-refractivity contribution in [3.63, 3.8) is 0 Å². The molecule has 2 heterocycles. The number of halogens is 2. The van der Waals surface area contributed by atoms with Gasteiger partial charge in [0.2, 0.25) is 0 Å². The lowest BCUT2D eigenvalue weighted by Crippen LogP contribution is -1.97. The van der Waals surface area contributed by atoms with Crippen molar-refractivity contribution in [2.24, 2.45) is 0 Å². The van der Waals surface area contributed by atoms with Crippen LogP contribution in [0.1, 0.15) is 4.88 Å². The first-order valence-corrected chi connectivity index (χ1v) is 6.40. The summed E-state index contributed by atoms with van der Waals surface area (Å²) in [5.41, 5.74) is 0. The lowest BCUT2D eigenvalue weighted by molar-refractivity contribution is 0.694. The normalized spacial score (nSPS) is 10.6. The number of rotatable bonds is 2. The zero-order valence-electron chi connectivity index (χ0n) is 6.58. The molecule has 0 aromatic carbocycles. The summed E-state index contributed by atoms with van der Waals surface area (Å²) in [6, 6.07) is 2.12. The van der Waals surface area contributed by atoms with E-state index in [1.807, 2.05) is 17.1 Å². The maximum Gasteiger partial charge on any atom is 0.0753 e. The molecule has 0 radical (unpaired) electrons. The molecule has 2 aromatic rings. The Kier molecular flexibility index (Phi) is 3.05. The van der Waals surface area contributed by atoms with Gasteiger partial charge in [0.15, 0.2) is 0 Å². The van der Waals surface area contributed by atoms with E-state index in [4.69, 9.17) is 0 Å². The first-order chi connectivity index (χ1) is 6.24. The number of hydrogen-bond donors (Lipinski definition) is 0. The highest BCUT2D eigenvalue weighted by Crippen LogP contribution is 2.20. The summed E-state index contributed by atoms with van der Waals surface area (Å²) in [5, 5.41) is 6.31. The third-order valence-electron chi connectivity index (χ3n) is 1.54. The molecule has 2 rings (SSSR count). The van der Waals surface area contributed by atoms with Crippen molar-refractivity contribution < 1.29 is 0 Å². The van der Waals surface area contributed by atoms with Crippen LogP contribution in [0.2, 0.25) is 0 Å². The van der Waals surface area contributed by atoms with E-state index in [0.29, 0.717) is 0 Å². The molecule has 2 nitrogen and oxygen atoms in total. The second-order valence-electron chi connectivity index (χ2n) is 2.59. The van der Waals surface area contributed by atoms with Crippen molar-refractivity contribution in [1.29, 1.82) is 0 Å². The van der Waals surface area contributed by atoms with Crippen LogP contribution in [0.4, 0.5) is 0 Å². The van der Waals surface area contributed by atoms with Gasteiger partial charge in [-0.3, -0.25) is 4.68 Å². The molecular weight excluding hydrogens is 363 g/mol. The van der Waals surface area contributed by atoms with Crippen molar-refractivity contribution >= 4 is 49.9 Å². The average molecular weight is 369 g/mol. The van der Waals surface area contributed by atoms with E-state index in [2.05, 4.69) is 55.1 Å². The molecule has 0 atom stereocenters. The third-order valence-corrected chi connectivity index (χ3v) is 3.78. The summed E-state index contributed by atoms with van der Waals surface area (Å²) in [7, 11) is 0. The fourth-order valence-corrected chi connectivity index (χ4v) is 2.91. The average Bonchev–Trinajstić information content (AvgIpc) is 2.62. The fraction of sp³-hybridized carbons (Fsp3) is 0.125. The van der Waals surface area contributed by atoms with E-state index < -0.39 is 0 Å². The van der Waals surface area contributed by atoms with Gasteiger partial charge in [0.25, 0.3) is 0 Å². The van der Waals surface area contributed by atoms with Gasteiger partial charge >= 0.3 is 0 Å². The Hall–Kier alpha value is 0.120. The molecule has 0 aliphatic carbocycles. The summed E-state index contributed by atoms with van der Waals surface area (Å²) in [5.74, 6) is 0. The molecule has 0 saturated carbocycles. The van der Waals surface area contributed by atoms with Crippen molar-refractivity contribution in [1.82, 2.24) is 9.78 Å². The van der Waals surface area contributed by atoms with Crippen LogP contribution in [-0.2, 0) is 6.54 Å². The summed E-state index contributed by atoms with van der Waals surface area (Å²) < 4.78 is 4.27. The van der Waals surface area contributed by atoms with Crippen LogP contribution in [-0.4, -0.2) is 9.78 Å². The molecule has 0 unspecified atom stereocenters. The molecular formula is C8H6BrIN2S. The van der Waals surface area contributed by atoms with Crippen LogP contribution < -0.4 is 0 Å². The lowest BCUT2D eigenvalue weighted by Gasteiger charge is -1.95. The number of hydrogen-bond acceptors (Lipinski definition) is 2. The van der Waals surface area contributed by atoms with Crippen LogP contribution in [0.15, 0.2) is 28.3 Å². The van der Waals surface area contributed by atoms with Crippen LogP contribution in [0, 0.1) is 3.57 Å². The Morgan fingerprint density at radius 1 is 1.62 bits per heavy atom. The Bertz CT molecular complexity index is 371. The third kappa shape index (κ3) is 2.54. The van der Waals surface area contributed by atoms with E-state index in [1.165, 1.54) is 8.45 Å². The Labute approximate surface area is 102 Å². The van der Waals surface area contributed by atoms with Crippen molar-refractivity contribution in [3.05, 3.63) is 36.8 Å². The van der Waals surface area contributed by atoms with Gasteiger partial charge in [-0.05, 0) is 44.6 Å². The van der Waals surface area contributed by atoms with Gasteiger partial charge in [-0.25, -0.2) is 0 Å². The summed E-state index contributed by atoms with van der Waals surface area (Å²) in [4.78, 5) is 1.31. The van der Waals surface area contributed by atoms with Crippen LogP contribution in [0.3, 0.4) is 0 Å². The van der Waals surface area contributed by atoms with Gasteiger partial charge in [-0.1, -0.05) is 0 Å². The SMILES string of the molecule is Brc1csc(Cn2cc(I)cn2)c1. The second kappa shape index (κ2) is 4.10. The van der Waals surface area contributed by atoms with E-state index in [-0.39, 0.29) is 0 Å². The zero-order chi connectivity index (χ0) is 9.26. The van der Waals surface area contributed by atoms with E-state index >= 15 is 0 Å².